The molecule has 0 fully saturated rings. The highest BCUT2D eigenvalue weighted by atomic mass is 16.1. The molecule has 0 radical (unpaired) electrons. The largest absolute Gasteiger partial charge is 0.300 e. The maximum absolute atomic E-state index is 10.3. The zero-order chi connectivity index (χ0) is 8.41. The van der Waals surface area contributed by atoms with E-state index in [9.17, 15) is 4.79 Å². The molecule has 0 amide bonds. The highest BCUT2D eigenvalue weighted by molar-refractivity contribution is 5.75. The van der Waals surface area contributed by atoms with E-state index in [1.54, 1.807) is 6.92 Å². The molecule has 0 aliphatic carbocycles. The molecule has 0 atom stereocenters. The molecule has 0 bridgehead atoms. The number of hydrogen-bond donors (Lipinski definition) is 0. The van der Waals surface area contributed by atoms with Crippen molar-refractivity contribution in [1.29, 1.82) is 0 Å². The molecule has 60 valence electrons. The van der Waals surface area contributed by atoms with E-state index in [0.29, 0.717) is 6.42 Å². The first-order chi connectivity index (χ1) is 4.77. The lowest BCUT2D eigenvalue weighted by Crippen LogP contribution is -1.87. The molecule has 0 saturated heterocycles. The van der Waals surface area contributed by atoms with Gasteiger partial charge in [0, 0.05) is 6.42 Å². The molecule has 0 aromatic heterocycles. The first-order valence-electron chi connectivity index (χ1n) is 3.87. The minimum atomic E-state index is 0.270. The average Bonchev–Trinajstić information content (AvgIpc) is 1.92. The Labute approximate surface area is 64.1 Å². The average molecular weight is 142 g/mol. The fourth-order valence-electron chi connectivity index (χ4n) is 0.495. The third-order valence-corrected chi connectivity index (χ3v) is 0.937. The van der Waals surface area contributed by atoms with Crippen LogP contribution >= 0.6 is 0 Å². The molecular weight excluding hydrogens is 124 g/mol. The van der Waals surface area contributed by atoms with Crippen molar-refractivity contribution < 1.29 is 4.79 Å². The van der Waals surface area contributed by atoms with Crippen molar-refractivity contribution in [2.45, 2.75) is 40.0 Å². The topological polar surface area (TPSA) is 17.1 Å². The Kier molecular flexibility index (Phi) is 13.6. The van der Waals surface area contributed by atoms with Crippen molar-refractivity contribution in [3.8, 4) is 0 Å². The monoisotopic (exact) mass is 142 g/mol. The standard InChI is InChI=1S/C7H12O.C2H6/c1-3-4-5-6-7(2)8;1-2/h3H,1,4-6H2,2H3;1-2H3. The minimum Gasteiger partial charge on any atom is -0.300 e. The Morgan fingerprint density at radius 3 is 2.30 bits per heavy atom. The molecule has 0 aromatic carbocycles. The lowest BCUT2D eigenvalue weighted by Gasteiger charge is -1.88. The van der Waals surface area contributed by atoms with Crippen LogP contribution in [-0.2, 0) is 4.79 Å². The summed E-state index contributed by atoms with van der Waals surface area (Å²) in [5, 5.41) is 0. The van der Waals surface area contributed by atoms with Crippen LogP contribution in [0, 0.1) is 0 Å². The summed E-state index contributed by atoms with van der Waals surface area (Å²) in [6.07, 6.45) is 4.45. The van der Waals surface area contributed by atoms with Crippen LogP contribution in [0.1, 0.15) is 40.0 Å². The first kappa shape index (κ1) is 12.1. The third-order valence-electron chi connectivity index (χ3n) is 0.937. The number of unbranched alkanes of at least 4 members (excludes halogenated alkanes) is 1. The second-order valence-corrected chi connectivity index (χ2v) is 1.88. The SMILES string of the molecule is C=CCCCC(C)=O.CC. The van der Waals surface area contributed by atoms with E-state index in [1.807, 2.05) is 19.9 Å². The van der Waals surface area contributed by atoms with Crippen molar-refractivity contribution in [2.24, 2.45) is 0 Å². The first-order valence-corrected chi connectivity index (χ1v) is 3.87. The highest BCUT2D eigenvalue weighted by Gasteiger charge is 1.88. The molecular formula is C9H18O. The van der Waals surface area contributed by atoms with Gasteiger partial charge in [-0.3, -0.25) is 0 Å². The zero-order valence-corrected chi connectivity index (χ0v) is 7.31. The minimum absolute atomic E-state index is 0.270. The van der Waals surface area contributed by atoms with Crippen LogP contribution in [0.15, 0.2) is 12.7 Å². The molecule has 1 nitrogen and oxygen atoms in total. The van der Waals surface area contributed by atoms with E-state index in [4.69, 9.17) is 0 Å². The summed E-state index contributed by atoms with van der Waals surface area (Å²) in [6, 6.07) is 0. The fraction of sp³-hybridized carbons (Fsp3) is 0.667. The Morgan fingerprint density at radius 1 is 1.50 bits per heavy atom. The van der Waals surface area contributed by atoms with Crippen molar-refractivity contribution in [2.75, 3.05) is 0 Å². The van der Waals surface area contributed by atoms with Crippen LogP contribution in [0.2, 0.25) is 0 Å². The van der Waals surface area contributed by atoms with Crippen LogP contribution in [0.5, 0.6) is 0 Å². The normalized spacial score (nSPS) is 7.50. The van der Waals surface area contributed by atoms with Gasteiger partial charge in [0.2, 0.25) is 0 Å². The highest BCUT2D eigenvalue weighted by Crippen LogP contribution is 1.94. The zero-order valence-electron chi connectivity index (χ0n) is 7.31. The molecule has 0 aromatic rings. The summed E-state index contributed by atoms with van der Waals surface area (Å²) < 4.78 is 0. The van der Waals surface area contributed by atoms with Crippen LogP contribution in [0.3, 0.4) is 0 Å². The van der Waals surface area contributed by atoms with Gasteiger partial charge in [-0.15, -0.1) is 6.58 Å². The Balaban J connectivity index is 0. The van der Waals surface area contributed by atoms with E-state index in [-0.39, 0.29) is 5.78 Å². The Bertz CT molecular complexity index is 84.7. The molecule has 0 N–H and O–H groups in total. The lowest BCUT2D eigenvalue weighted by atomic mass is 10.2. The molecule has 0 saturated carbocycles. The van der Waals surface area contributed by atoms with Crippen LogP contribution < -0.4 is 0 Å². The molecule has 0 unspecified atom stereocenters. The number of carbonyl (C=O) groups is 1. The van der Waals surface area contributed by atoms with Gasteiger partial charge in [0.05, 0.1) is 0 Å². The summed E-state index contributed by atoms with van der Waals surface area (Å²) in [6.45, 7) is 9.16. The van der Waals surface area contributed by atoms with Crippen molar-refractivity contribution in [1.82, 2.24) is 0 Å². The predicted octanol–water partition coefficient (Wildman–Crippen LogP) is 2.96. The Morgan fingerprint density at radius 2 is 2.00 bits per heavy atom. The van der Waals surface area contributed by atoms with Gasteiger partial charge >= 0.3 is 0 Å². The van der Waals surface area contributed by atoms with Gasteiger partial charge in [0.1, 0.15) is 5.78 Å². The van der Waals surface area contributed by atoms with Crippen LogP contribution in [0.25, 0.3) is 0 Å². The number of Topliss-reactive ketones (excluding diaryl/α,β-unsaturated/α-hetero) is 1. The predicted molar refractivity (Wildman–Crippen MR) is 46.1 cm³/mol. The van der Waals surface area contributed by atoms with E-state index in [1.165, 1.54) is 0 Å². The summed E-state index contributed by atoms with van der Waals surface area (Å²) in [7, 11) is 0. The number of rotatable bonds is 4. The lowest BCUT2D eigenvalue weighted by molar-refractivity contribution is -0.117. The van der Waals surface area contributed by atoms with E-state index < -0.39 is 0 Å². The van der Waals surface area contributed by atoms with Gasteiger partial charge in [0.15, 0.2) is 0 Å². The molecule has 0 rings (SSSR count). The molecule has 0 aliphatic rings. The second kappa shape index (κ2) is 11.2. The van der Waals surface area contributed by atoms with Gasteiger partial charge in [-0.1, -0.05) is 19.9 Å². The summed E-state index contributed by atoms with van der Waals surface area (Å²) in [5.74, 6) is 0.270. The Hall–Kier alpha value is -0.590. The van der Waals surface area contributed by atoms with E-state index in [2.05, 4.69) is 6.58 Å². The molecule has 1 heteroatoms. The smallest absolute Gasteiger partial charge is 0.129 e. The number of carbonyl (C=O) groups excluding carboxylic acids is 1. The third kappa shape index (κ3) is 15.7. The van der Waals surface area contributed by atoms with Crippen molar-refractivity contribution in [3.05, 3.63) is 12.7 Å². The quantitative estimate of drug-likeness (QED) is 0.435. The van der Waals surface area contributed by atoms with Crippen molar-refractivity contribution in [3.63, 3.8) is 0 Å². The van der Waals surface area contributed by atoms with Crippen LogP contribution in [0.4, 0.5) is 0 Å². The van der Waals surface area contributed by atoms with Gasteiger partial charge in [0.25, 0.3) is 0 Å². The summed E-state index contributed by atoms with van der Waals surface area (Å²) in [5.41, 5.74) is 0. The van der Waals surface area contributed by atoms with E-state index >= 15 is 0 Å². The molecule has 0 spiro atoms. The van der Waals surface area contributed by atoms with Gasteiger partial charge in [-0.25, -0.2) is 0 Å². The number of hydrogen-bond acceptors (Lipinski definition) is 1. The van der Waals surface area contributed by atoms with Crippen LogP contribution in [-0.4, -0.2) is 5.78 Å². The maximum atomic E-state index is 10.3. The molecule has 0 aliphatic heterocycles. The van der Waals surface area contributed by atoms with Gasteiger partial charge < -0.3 is 4.79 Å². The molecule has 0 heterocycles. The van der Waals surface area contributed by atoms with Gasteiger partial charge in [-0.05, 0) is 19.8 Å². The molecule has 10 heavy (non-hydrogen) atoms. The fourth-order valence-corrected chi connectivity index (χ4v) is 0.495. The maximum Gasteiger partial charge on any atom is 0.129 e. The number of allylic oxidation sites excluding steroid dienone is 1. The van der Waals surface area contributed by atoms with Gasteiger partial charge in [-0.2, -0.15) is 0 Å². The van der Waals surface area contributed by atoms with Crippen molar-refractivity contribution >= 4 is 5.78 Å². The van der Waals surface area contributed by atoms with E-state index in [0.717, 1.165) is 12.8 Å². The second-order valence-electron chi connectivity index (χ2n) is 1.88. The summed E-state index contributed by atoms with van der Waals surface area (Å²) >= 11 is 0. The number of ketones is 1. The summed E-state index contributed by atoms with van der Waals surface area (Å²) in [4.78, 5) is 10.3.